The van der Waals surface area contributed by atoms with Crippen LogP contribution >= 0.6 is 23.2 Å². The Balaban J connectivity index is 1.65. The molecule has 29 heavy (non-hydrogen) atoms. The SMILES string of the molecule is CC1CCCN(S(=O)(=O)c2ccc(NC(=O)/C=C/c3ccc(Cl)cc3Cl)cc2)C1. The van der Waals surface area contributed by atoms with E-state index >= 15 is 0 Å². The molecule has 1 N–H and O–H groups in total. The molecule has 1 unspecified atom stereocenters. The van der Waals surface area contributed by atoms with Gasteiger partial charge in [0, 0.05) is 34.9 Å². The number of amides is 1. The van der Waals surface area contributed by atoms with Gasteiger partial charge in [-0.3, -0.25) is 4.79 Å². The van der Waals surface area contributed by atoms with Crippen LogP contribution in [0.25, 0.3) is 6.08 Å². The Bertz CT molecular complexity index is 1020. The van der Waals surface area contributed by atoms with Gasteiger partial charge in [-0.05, 0) is 66.8 Å². The van der Waals surface area contributed by atoms with Crippen molar-refractivity contribution in [1.82, 2.24) is 4.31 Å². The monoisotopic (exact) mass is 452 g/mol. The minimum absolute atomic E-state index is 0.230. The zero-order valence-electron chi connectivity index (χ0n) is 15.9. The minimum atomic E-state index is -3.51. The van der Waals surface area contributed by atoms with Gasteiger partial charge in [-0.2, -0.15) is 4.31 Å². The zero-order valence-corrected chi connectivity index (χ0v) is 18.3. The summed E-state index contributed by atoms with van der Waals surface area (Å²) in [6.07, 6.45) is 4.86. The number of anilines is 1. The molecule has 0 spiro atoms. The summed E-state index contributed by atoms with van der Waals surface area (Å²) >= 11 is 11.9. The minimum Gasteiger partial charge on any atom is -0.323 e. The topological polar surface area (TPSA) is 66.5 Å². The number of benzene rings is 2. The normalized spacial score (nSPS) is 18.1. The van der Waals surface area contributed by atoms with Crippen molar-refractivity contribution in [3.63, 3.8) is 0 Å². The molecule has 0 aromatic heterocycles. The molecule has 1 heterocycles. The molecule has 0 bridgehead atoms. The Kier molecular flexibility index (Phi) is 7.01. The summed E-state index contributed by atoms with van der Waals surface area (Å²) in [6.45, 7) is 3.15. The van der Waals surface area contributed by atoms with Crippen LogP contribution in [0.1, 0.15) is 25.3 Å². The molecule has 2 aromatic rings. The molecule has 0 aliphatic carbocycles. The van der Waals surface area contributed by atoms with Crippen LogP contribution in [-0.4, -0.2) is 31.7 Å². The Morgan fingerprint density at radius 1 is 1.17 bits per heavy atom. The summed E-state index contributed by atoms with van der Waals surface area (Å²) in [6, 6.07) is 11.2. The molecule has 3 rings (SSSR count). The van der Waals surface area contributed by atoms with Crippen molar-refractivity contribution >= 4 is 50.9 Å². The third-order valence-corrected chi connectivity index (χ3v) is 7.20. The van der Waals surface area contributed by atoms with E-state index < -0.39 is 10.0 Å². The first-order chi connectivity index (χ1) is 13.8. The number of carbonyl (C=O) groups excluding carboxylic acids is 1. The molecule has 1 aliphatic heterocycles. The van der Waals surface area contributed by atoms with Gasteiger partial charge in [-0.25, -0.2) is 8.42 Å². The van der Waals surface area contributed by atoms with E-state index in [0.717, 1.165) is 12.8 Å². The third kappa shape index (κ3) is 5.60. The average Bonchev–Trinajstić information content (AvgIpc) is 2.68. The summed E-state index contributed by atoms with van der Waals surface area (Å²) in [5, 5.41) is 3.67. The van der Waals surface area contributed by atoms with Crippen molar-refractivity contribution in [2.75, 3.05) is 18.4 Å². The van der Waals surface area contributed by atoms with E-state index in [4.69, 9.17) is 23.2 Å². The number of hydrogen-bond donors (Lipinski definition) is 1. The van der Waals surface area contributed by atoms with Crippen LogP contribution in [0.4, 0.5) is 5.69 Å². The first-order valence-corrected chi connectivity index (χ1v) is 11.5. The van der Waals surface area contributed by atoms with E-state index in [0.29, 0.717) is 40.3 Å². The van der Waals surface area contributed by atoms with Crippen LogP contribution in [0.5, 0.6) is 0 Å². The van der Waals surface area contributed by atoms with Gasteiger partial charge in [0.1, 0.15) is 0 Å². The van der Waals surface area contributed by atoms with Gasteiger partial charge in [-0.15, -0.1) is 0 Å². The highest BCUT2D eigenvalue weighted by molar-refractivity contribution is 7.89. The smallest absolute Gasteiger partial charge is 0.248 e. The summed E-state index contributed by atoms with van der Waals surface area (Å²) in [5.74, 6) is 0.00879. The van der Waals surface area contributed by atoms with Crippen LogP contribution in [0.3, 0.4) is 0 Å². The van der Waals surface area contributed by atoms with Gasteiger partial charge in [-0.1, -0.05) is 36.2 Å². The predicted molar refractivity (Wildman–Crippen MR) is 118 cm³/mol. The first kappa shape index (κ1) is 21.8. The highest BCUT2D eigenvalue weighted by atomic mass is 35.5. The molecule has 1 fully saturated rings. The van der Waals surface area contributed by atoms with Crippen molar-refractivity contribution in [1.29, 1.82) is 0 Å². The van der Waals surface area contributed by atoms with Crippen LogP contribution in [0.15, 0.2) is 53.4 Å². The lowest BCUT2D eigenvalue weighted by Crippen LogP contribution is -2.39. The van der Waals surface area contributed by atoms with E-state index in [9.17, 15) is 13.2 Å². The number of halogens is 2. The maximum Gasteiger partial charge on any atom is 0.248 e. The molecule has 8 heteroatoms. The summed E-state index contributed by atoms with van der Waals surface area (Å²) in [5.41, 5.74) is 1.18. The van der Waals surface area contributed by atoms with Gasteiger partial charge in [0.2, 0.25) is 15.9 Å². The Labute approximate surface area is 181 Å². The molecular weight excluding hydrogens is 431 g/mol. The largest absolute Gasteiger partial charge is 0.323 e. The fourth-order valence-corrected chi connectivity index (χ4v) is 5.28. The number of hydrogen-bond acceptors (Lipinski definition) is 3. The quantitative estimate of drug-likeness (QED) is 0.644. The maximum absolute atomic E-state index is 12.8. The van der Waals surface area contributed by atoms with E-state index in [-0.39, 0.29) is 10.8 Å². The molecule has 0 saturated carbocycles. The first-order valence-electron chi connectivity index (χ1n) is 9.30. The number of piperidine rings is 1. The molecule has 0 radical (unpaired) electrons. The third-order valence-electron chi connectivity index (χ3n) is 4.76. The second-order valence-corrected chi connectivity index (χ2v) is 9.90. The molecule has 154 valence electrons. The van der Waals surface area contributed by atoms with Crippen LogP contribution < -0.4 is 5.32 Å². The molecule has 1 aliphatic rings. The second kappa shape index (κ2) is 9.30. The average molecular weight is 453 g/mol. The Morgan fingerprint density at radius 3 is 2.55 bits per heavy atom. The molecule has 1 saturated heterocycles. The fourth-order valence-electron chi connectivity index (χ4n) is 3.21. The van der Waals surface area contributed by atoms with Crippen molar-refractivity contribution in [2.24, 2.45) is 5.92 Å². The summed E-state index contributed by atoms with van der Waals surface area (Å²) in [7, 11) is -3.51. The van der Waals surface area contributed by atoms with Gasteiger partial charge in [0.05, 0.1) is 4.90 Å². The lowest BCUT2D eigenvalue weighted by atomic mass is 10.0. The van der Waals surface area contributed by atoms with Gasteiger partial charge in [0.25, 0.3) is 0 Å². The molecule has 1 atom stereocenters. The lowest BCUT2D eigenvalue weighted by Gasteiger charge is -2.30. The van der Waals surface area contributed by atoms with Gasteiger partial charge in [0.15, 0.2) is 0 Å². The second-order valence-electron chi connectivity index (χ2n) is 7.12. The summed E-state index contributed by atoms with van der Waals surface area (Å²) in [4.78, 5) is 12.4. The van der Waals surface area contributed by atoms with Crippen molar-refractivity contribution in [2.45, 2.75) is 24.7 Å². The van der Waals surface area contributed by atoms with Crippen LogP contribution in [-0.2, 0) is 14.8 Å². The van der Waals surface area contributed by atoms with Gasteiger partial charge < -0.3 is 5.32 Å². The number of sulfonamides is 1. The number of rotatable bonds is 5. The number of nitrogens with one attached hydrogen (secondary N) is 1. The van der Waals surface area contributed by atoms with Crippen molar-refractivity contribution in [3.8, 4) is 0 Å². The van der Waals surface area contributed by atoms with E-state index in [1.54, 1.807) is 36.4 Å². The highest BCUT2D eigenvalue weighted by Crippen LogP contribution is 2.25. The fraction of sp³-hybridized carbons (Fsp3) is 0.286. The van der Waals surface area contributed by atoms with E-state index in [1.807, 2.05) is 0 Å². The predicted octanol–water partition coefficient (Wildman–Crippen LogP) is 5.07. The van der Waals surface area contributed by atoms with Crippen molar-refractivity contribution in [3.05, 3.63) is 64.1 Å². The lowest BCUT2D eigenvalue weighted by molar-refractivity contribution is -0.111. The zero-order chi connectivity index (χ0) is 21.0. The Morgan fingerprint density at radius 2 is 1.90 bits per heavy atom. The van der Waals surface area contributed by atoms with E-state index in [2.05, 4.69) is 12.2 Å². The van der Waals surface area contributed by atoms with Crippen LogP contribution in [0.2, 0.25) is 10.0 Å². The molecule has 5 nitrogen and oxygen atoms in total. The molecule has 1 amide bonds. The summed E-state index contributed by atoms with van der Waals surface area (Å²) < 4.78 is 27.1. The Hall–Kier alpha value is -1.86. The molecule has 2 aromatic carbocycles. The van der Waals surface area contributed by atoms with Gasteiger partial charge >= 0.3 is 0 Å². The maximum atomic E-state index is 12.8. The number of nitrogens with zero attached hydrogens (tertiary/aromatic N) is 1. The van der Waals surface area contributed by atoms with Crippen LogP contribution in [0, 0.1) is 5.92 Å². The van der Waals surface area contributed by atoms with Crippen molar-refractivity contribution < 1.29 is 13.2 Å². The highest BCUT2D eigenvalue weighted by Gasteiger charge is 2.28. The van der Waals surface area contributed by atoms with E-state index in [1.165, 1.54) is 22.5 Å². The standard InChI is InChI=1S/C21H22Cl2N2O3S/c1-15-3-2-12-25(14-15)29(27,28)19-9-7-18(8-10-19)24-21(26)11-5-16-4-6-17(22)13-20(16)23/h4-11,13,15H,2-3,12,14H2,1H3,(H,24,26)/b11-5+. The molecular formula is C21H22Cl2N2O3S. The number of carbonyl (C=O) groups is 1.